The van der Waals surface area contributed by atoms with Gasteiger partial charge in [0.15, 0.2) is 0 Å². The van der Waals surface area contributed by atoms with E-state index < -0.39 is 6.10 Å². The standard InChI is InChI=1S/C15H21NO2/c1-15(2)10-13(8-9-18-15)16-11-14(17)12-6-4-3-5-7-12/h3-9,13-14,16-17H,10-11H2,1-2H3. The lowest BCUT2D eigenvalue weighted by Crippen LogP contribution is -2.40. The Morgan fingerprint density at radius 2 is 2.11 bits per heavy atom. The second-order valence-corrected chi connectivity index (χ2v) is 5.35. The van der Waals surface area contributed by atoms with E-state index in [1.807, 2.05) is 36.4 Å². The van der Waals surface area contributed by atoms with E-state index in [0.29, 0.717) is 6.54 Å². The van der Waals surface area contributed by atoms with Crippen LogP contribution in [-0.2, 0) is 4.74 Å². The maximum Gasteiger partial charge on any atom is 0.104 e. The number of hydrogen-bond acceptors (Lipinski definition) is 3. The molecule has 3 heteroatoms. The first-order valence-electron chi connectivity index (χ1n) is 6.38. The fourth-order valence-electron chi connectivity index (χ4n) is 2.16. The van der Waals surface area contributed by atoms with Crippen LogP contribution < -0.4 is 5.32 Å². The molecular weight excluding hydrogens is 226 g/mol. The van der Waals surface area contributed by atoms with Crippen LogP contribution in [0.1, 0.15) is 31.9 Å². The van der Waals surface area contributed by atoms with E-state index in [0.717, 1.165) is 12.0 Å². The molecule has 0 spiro atoms. The molecule has 1 aliphatic heterocycles. The number of hydrogen-bond donors (Lipinski definition) is 2. The third-order valence-corrected chi connectivity index (χ3v) is 3.17. The molecular formula is C15H21NO2. The molecule has 0 aromatic heterocycles. The second kappa shape index (κ2) is 5.55. The number of nitrogens with one attached hydrogen (secondary N) is 1. The van der Waals surface area contributed by atoms with Crippen LogP contribution in [-0.4, -0.2) is 23.3 Å². The highest BCUT2D eigenvalue weighted by Gasteiger charge is 2.26. The van der Waals surface area contributed by atoms with E-state index in [9.17, 15) is 5.11 Å². The lowest BCUT2D eigenvalue weighted by molar-refractivity contribution is 0.0287. The zero-order valence-corrected chi connectivity index (χ0v) is 11.0. The van der Waals surface area contributed by atoms with Crippen molar-refractivity contribution in [2.45, 2.75) is 38.0 Å². The van der Waals surface area contributed by atoms with E-state index in [1.165, 1.54) is 0 Å². The van der Waals surface area contributed by atoms with Gasteiger partial charge in [-0.3, -0.25) is 0 Å². The number of ether oxygens (including phenoxy) is 1. The highest BCUT2D eigenvalue weighted by molar-refractivity contribution is 5.17. The number of benzene rings is 1. The minimum Gasteiger partial charge on any atom is -0.496 e. The summed E-state index contributed by atoms with van der Waals surface area (Å²) in [5.74, 6) is 0. The van der Waals surface area contributed by atoms with Gasteiger partial charge in [0.25, 0.3) is 0 Å². The lowest BCUT2D eigenvalue weighted by atomic mass is 9.96. The summed E-state index contributed by atoms with van der Waals surface area (Å²) in [6.45, 7) is 4.69. The average molecular weight is 247 g/mol. The summed E-state index contributed by atoms with van der Waals surface area (Å²) in [5.41, 5.74) is 0.810. The molecule has 2 unspecified atom stereocenters. The van der Waals surface area contributed by atoms with Crippen LogP contribution in [0.5, 0.6) is 0 Å². The van der Waals surface area contributed by atoms with Crippen molar-refractivity contribution in [1.82, 2.24) is 5.32 Å². The molecule has 0 bridgehead atoms. The zero-order valence-electron chi connectivity index (χ0n) is 11.0. The van der Waals surface area contributed by atoms with Gasteiger partial charge in [-0.15, -0.1) is 0 Å². The second-order valence-electron chi connectivity index (χ2n) is 5.35. The van der Waals surface area contributed by atoms with Crippen molar-refractivity contribution in [1.29, 1.82) is 0 Å². The topological polar surface area (TPSA) is 41.5 Å². The van der Waals surface area contributed by atoms with Crippen LogP contribution >= 0.6 is 0 Å². The summed E-state index contributed by atoms with van der Waals surface area (Å²) in [6.07, 6.45) is 4.19. The molecule has 0 saturated heterocycles. The van der Waals surface area contributed by atoms with E-state index in [1.54, 1.807) is 6.26 Å². The van der Waals surface area contributed by atoms with Gasteiger partial charge in [-0.1, -0.05) is 30.3 Å². The maximum absolute atomic E-state index is 10.1. The van der Waals surface area contributed by atoms with Crippen LogP contribution in [0.2, 0.25) is 0 Å². The normalized spacial score (nSPS) is 23.4. The molecule has 2 rings (SSSR count). The van der Waals surface area contributed by atoms with Crippen LogP contribution in [0.3, 0.4) is 0 Å². The quantitative estimate of drug-likeness (QED) is 0.858. The third-order valence-electron chi connectivity index (χ3n) is 3.17. The Morgan fingerprint density at radius 3 is 2.78 bits per heavy atom. The van der Waals surface area contributed by atoms with E-state index in [2.05, 4.69) is 19.2 Å². The van der Waals surface area contributed by atoms with Gasteiger partial charge in [0.2, 0.25) is 0 Å². The van der Waals surface area contributed by atoms with Crippen molar-refractivity contribution >= 4 is 0 Å². The molecule has 1 aromatic carbocycles. The molecule has 0 fully saturated rings. The molecule has 1 heterocycles. The van der Waals surface area contributed by atoms with Crippen LogP contribution in [0.15, 0.2) is 42.7 Å². The van der Waals surface area contributed by atoms with Crippen molar-refractivity contribution < 1.29 is 9.84 Å². The maximum atomic E-state index is 10.1. The van der Waals surface area contributed by atoms with Gasteiger partial charge in [0, 0.05) is 19.0 Å². The Hall–Kier alpha value is -1.32. The summed E-state index contributed by atoms with van der Waals surface area (Å²) in [6, 6.07) is 9.97. The minimum absolute atomic E-state index is 0.135. The van der Waals surface area contributed by atoms with Crippen LogP contribution in [0.25, 0.3) is 0 Å². The molecule has 3 nitrogen and oxygen atoms in total. The molecule has 0 radical (unpaired) electrons. The molecule has 18 heavy (non-hydrogen) atoms. The van der Waals surface area contributed by atoms with Crippen molar-refractivity contribution in [2.75, 3.05) is 6.54 Å². The van der Waals surface area contributed by atoms with E-state index in [4.69, 9.17) is 4.74 Å². The first-order valence-corrected chi connectivity index (χ1v) is 6.38. The summed E-state index contributed by atoms with van der Waals surface area (Å²) in [7, 11) is 0. The molecule has 0 aliphatic carbocycles. The zero-order chi connectivity index (χ0) is 13.0. The Labute approximate surface area is 108 Å². The van der Waals surface area contributed by atoms with Crippen molar-refractivity contribution in [3.63, 3.8) is 0 Å². The molecule has 1 aliphatic rings. The molecule has 2 atom stereocenters. The summed E-state index contributed by atoms with van der Waals surface area (Å²) in [4.78, 5) is 0. The first kappa shape index (κ1) is 13.1. The summed E-state index contributed by atoms with van der Waals surface area (Å²) < 4.78 is 5.50. The largest absolute Gasteiger partial charge is 0.496 e. The van der Waals surface area contributed by atoms with Gasteiger partial charge in [-0.05, 0) is 25.5 Å². The summed E-state index contributed by atoms with van der Waals surface area (Å²) >= 11 is 0. The molecule has 1 aromatic rings. The Bertz CT molecular complexity index is 400. The minimum atomic E-state index is -0.467. The smallest absolute Gasteiger partial charge is 0.104 e. The predicted molar refractivity (Wildman–Crippen MR) is 72.1 cm³/mol. The highest BCUT2D eigenvalue weighted by Crippen LogP contribution is 2.22. The van der Waals surface area contributed by atoms with Gasteiger partial charge >= 0.3 is 0 Å². The molecule has 2 N–H and O–H groups in total. The molecule has 98 valence electrons. The van der Waals surface area contributed by atoms with Gasteiger partial charge < -0.3 is 15.2 Å². The Balaban J connectivity index is 1.85. The number of aliphatic hydroxyl groups excluding tert-OH is 1. The SMILES string of the molecule is CC1(C)CC(NCC(O)c2ccccc2)C=CO1. The Kier molecular flexibility index (Phi) is 4.04. The first-order chi connectivity index (χ1) is 8.57. The van der Waals surface area contributed by atoms with E-state index >= 15 is 0 Å². The van der Waals surface area contributed by atoms with Gasteiger partial charge in [-0.2, -0.15) is 0 Å². The average Bonchev–Trinajstić information content (AvgIpc) is 2.36. The van der Waals surface area contributed by atoms with E-state index in [-0.39, 0.29) is 11.6 Å². The lowest BCUT2D eigenvalue weighted by Gasteiger charge is -2.32. The van der Waals surface area contributed by atoms with Crippen molar-refractivity contribution in [3.8, 4) is 0 Å². The van der Waals surface area contributed by atoms with Crippen molar-refractivity contribution in [3.05, 3.63) is 48.2 Å². The van der Waals surface area contributed by atoms with Crippen LogP contribution in [0, 0.1) is 0 Å². The van der Waals surface area contributed by atoms with Crippen LogP contribution in [0.4, 0.5) is 0 Å². The van der Waals surface area contributed by atoms with Gasteiger partial charge in [-0.25, -0.2) is 0 Å². The van der Waals surface area contributed by atoms with Crippen molar-refractivity contribution in [2.24, 2.45) is 0 Å². The summed E-state index contributed by atoms with van der Waals surface area (Å²) in [5, 5.41) is 13.4. The highest BCUT2D eigenvalue weighted by atomic mass is 16.5. The predicted octanol–water partition coefficient (Wildman–Crippen LogP) is 2.39. The molecule has 0 saturated carbocycles. The number of aliphatic hydroxyl groups is 1. The molecule has 0 amide bonds. The fraction of sp³-hybridized carbons (Fsp3) is 0.467. The Morgan fingerprint density at radius 1 is 1.39 bits per heavy atom. The monoisotopic (exact) mass is 247 g/mol. The fourth-order valence-corrected chi connectivity index (χ4v) is 2.16. The number of rotatable bonds is 4. The third kappa shape index (κ3) is 3.59. The van der Waals surface area contributed by atoms with Gasteiger partial charge in [0.05, 0.1) is 12.4 Å². The van der Waals surface area contributed by atoms with Gasteiger partial charge in [0.1, 0.15) is 5.60 Å².